The number of phenolic OH excluding ortho intramolecular Hbond substituents is 1. The van der Waals surface area contributed by atoms with Crippen molar-refractivity contribution in [2.75, 3.05) is 31.1 Å². The molecular formula is C15H16N2O3. The Kier molecular flexibility index (Phi) is 3.33. The highest BCUT2D eigenvalue weighted by Crippen LogP contribution is 2.21. The van der Waals surface area contributed by atoms with E-state index in [-0.39, 0.29) is 11.7 Å². The maximum Gasteiger partial charge on any atom is 0.289 e. The van der Waals surface area contributed by atoms with Crippen LogP contribution in [-0.4, -0.2) is 42.1 Å². The zero-order chi connectivity index (χ0) is 13.9. The maximum atomic E-state index is 12.1. The van der Waals surface area contributed by atoms with Crippen LogP contribution in [0.5, 0.6) is 5.75 Å². The van der Waals surface area contributed by atoms with Gasteiger partial charge in [-0.3, -0.25) is 4.79 Å². The lowest BCUT2D eigenvalue weighted by atomic mass is 10.2. The molecule has 2 aromatic rings. The van der Waals surface area contributed by atoms with Crippen LogP contribution < -0.4 is 4.90 Å². The van der Waals surface area contributed by atoms with Gasteiger partial charge >= 0.3 is 0 Å². The van der Waals surface area contributed by atoms with Gasteiger partial charge in [0.1, 0.15) is 5.75 Å². The smallest absolute Gasteiger partial charge is 0.289 e. The molecule has 1 aliphatic heterocycles. The second kappa shape index (κ2) is 5.28. The van der Waals surface area contributed by atoms with Gasteiger partial charge in [0, 0.05) is 37.9 Å². The predicted molar refractivity (Wildman–Crippen MR) is 74.9 cm³/mol. The molecule has 5 nitrogen and oxygen atoms in total. The van der Waals surface area contributed by atoms with E-state index >= 15 is 0 Å². The summed E-state index contributed by atoms with van der Waals surface area (Å²) < 4.78 is 5.14. The predicted octanol–water partition coefficient (Wildman–Crippen LogP) is 1.95. The molecule has 0 spiro atoms. The third-order valence-electron chi connectivity index (χ3n) is 3.49. The summed E-state index contributed by atoms with van der Waals surface area (Å²) in [6, 6.07) is 10.6. The fraction of sp³-hybridized carbons (Fsp3) is 0.267. The molecule has 0 aliphatic carbocycles. The Bertz CT molecular complexity index is 587. The van der Waals surface area contributed by atoms with Crippen molar-refractivity contribution >= 4 is 11.6 Å². The second-order valence-corrected chi connectivity index (χ2v) is 4.78. The Hall–Kier alpha value is -2.43. The fourth-order valence-corrected chi connectivity index (χ4v) is 2.41. The lowest BCUT2D eigenvalue weighted by Crippen LogP contribution is -2.48. The van der Waals surface area contributed by atoms with Crippen LogP contribution in [0.3, 0.4) is 0 Å². The summed E-state index contributed by atoms with van der Waals surface area (Å²) in [5.41, 5.74) is 0.982. The van der Waals surface area contributed by atoms with Crippen LogP contribution in [0.4, 0.5) is 5.69 Å². The largest absolute Gasteiger partial charge is 0.508 e. The van der Waals surface area contributed by atoms with Crippen molar-refractivity contribution in [2.45, 2.75) is 0 Å². The van der Waals surface area contributed by atoms with Gasteiger partial charge in [-0.2, -0.15) is 0 Å². The van der Waals surface area contributed by atoms with Crippen LogP contribution in [0.15, 0.2) is 47.1 Å². The quantitative estimate of drug-likeness (QED) is 0.907. The Morgan fingerprint density at radius 2 is 1.90 bits per heavy atom. The summed E-state index contributed by atoms with van der Waals surface area (Å²) >= 11 is 0. The summed E-state index contributed by atoms with van der Waals surface area (Å²) in [6.07, 6.45) is 1.51. The average Bonchev–Trinajstić information content (AvgIpc) is 3.01. The molecular weight excluding hydrogens is 256 g/mol. The summed E-state index contributed by atoms with van der Waals surface area (Å²) in [4.78, 5) is 16.1. The molecule has 1 aromatic carbocycles. The molecule has 1 aliphatic rings. The van der Waals surface area contributed by atoms with Gasteiger partial charge in [-0.1, -0.05) is 6.07 Å². The van der Waals surface area contributed by atoms with Crippen molar-refractivity contribution in [3.05, 3.63) is 48.4 Å². The normalized spacial score (nSPS) is 15.4. The lowest BCUT2D eigenvalue weighted by Gasteiger charge is -2.35. The first-order chi connectivity index (χ1) is 9.74. The highest BCUT2D eigenvalue weighted by molar-refractivity contribution is 5.91. The zero-order valence-corrected chi connectivity index (χ0v) is 11.0. The van der Waals surface area contributed by atoms with E-state index < -0.39 is 0 Å². The van der Waals surface area contributed by atoms with Crippen molar-refractivity contribution in [1.29, 1.82) is 0 Å². The van der Waals surface area contributed by atoms with E-state index in [1.165, 1.54) is 6.26 Å². The van der Waals surface area contributed by atoms with Gasteiger partial charge in [-0.05, 0) is 24.3 Å². The first kappa shape index (κ1) is 12.6. The number of carbonyl (C=O) groups is 1. The molecule has 3 rings (SSSR count). The Balaban J connectivity index is 1.64. The number of piperazine rings is 1. The van der Waals surface area contributed by atoms with Crippen LogP contribution >= 0.6 is 0 Å². The first-order valence-electron chi connectivity index (χ1n) is 6.61. The van der Waals surface area contributed by atoms with E-state index in [9.17, 15) is 9.90 Å². The van der Waals surface area contributed by atoms with Gasteiger partial charge in [0.2, 0.25) is 0 Å². The number of furan rings is 1. The molecule has 0 radical (unpaired) electrons. The van der Waals surface area contributed by atoms with Crippen molar-refractivity contribution < 1.29 is 14.3 Å². The molecule has 5 heteroatoms. The number of anilines is 1. The molecule has 1 saturated heterocycles. The minimum atomic E-state index is -0.0643. The molecule has 0 saturated carbocycles. The number of hydrogen-bond donors (Lipinski definition) is 1. The average molecular weight is 272 g/mol. The number of nitrogens with zero attached hydrogens (tertiary/aromatic N) is 2. The minimum absolute atomic E-state index is 0.0643. The number of hydrogen-bond acceptors (Lipinski definition) is 4. The van der Waals surface area contributed by atoms with Gasteiger partial charge in [-0.25, -0.2) is 0 Å². The summed E-state index contributed by atoms with van der Waals surface area (Å²) in [5, 5.41) is 9.51. The number of carbonyl (C=O) groups excluding carboxylic acids is 1. The van der Waals surface area contributed by atoms with Gasteiger partial charge in [0.15, 0.2) is 5.76 Å². The third-order valence-corrected chi connectivity index (χ3v) is 3.49. The Morgan fingerprint density at radius 3 is 2.55 bits per heavy atom. The molecule has 20 heavy (non-hydrogen) atoms. The third kappa shape index (κ3) is 2.47. The molecule has 2 heterocycles. The highest BCUT2D eigenvalue weighted by Gasteiger charge is 2.23. The SMILES string of the molecule is O=C(c1ccco1)N1CCN(c2cccc(O)c2)CC1. The Labute approximate surface area is 117 Å². The van der Waals surface area contributed by atoms with E-state index in [1.807, 2.05) is 12.1 Å². The fourth-order valence-electron chi connectivity index (χ4n) is 2.41. The molecule has 1 amide bonds. The van der Waals surface area contributed by atoms with Crippen LogP contribution in [0, 0.1) is 0 Å². The van der Waals surface area contributed by atoms with Crippen LogP contribution in [0.2, 0.25) is 0 Å². The molecule has 1 aromatic heterocycles. The summed E-state index contributed by atoms with van der Waals surface area (Å²) in [7, 11) is 0. The van der Waals surface area contributed by atoms with Gasteiger partial charge in [0.05, 0.1) is 6.26 Å². The van der Waals surface area contributed by atoms with E-state index in [0.717, 1.165) is 18.8 Å². The van der Waals surface area contributed by atoms with E-state index in [4.69, 9.17) is 4.42 Å². The standard InChI is InChI=1S/C15H16N2O3/c18-13-4-1-3-12(11-13)16-6-8-17(9-7-16)15(19)14-5-2-10-20-14/h1-5,10-11,18H,6-9H2. The van der Waals surface area contributed by atoms with Crippen LogP contribution in [0.1, 0.15) is 10.6 Å². The number of benzene rings is 1. The van der Waals surface area contributed by atoms with E-state index in [0.29, 0.717) is 18.8 Å². The molecule has 0 unspecified atom stereocenters. The minimum Gasteiger partial charge on any atom is -0.508 e. The highest BCUT2D eigenvalue weighted by atomic mass is 16.3. The molecule has 1 fully saturated rings. The number of phenols is 1. The number of aromatic hydroxyl groups is 1. The van der Waals surface area contributed by atoms with Gasteiger partial charge in [-0.15, -0.1) is 0 Å². The van der Waals surface area contributed by atoms with Crippen LogP contribution in [0.25, 0.3) is 0 Å². The zero-order valence-electron chi connectivity index (χ0n) is 11.0. The first-order valence-corrected chi connectivity index (χ1v) is 6.61. The van der Waals surface area contributed by atoms with Crippen molar-refractivity contribution in [2.24, 2.45) is 0 Å². The van der Waals surface area contributed by atoms with Crippen molar-refractivity contribution in [1.82, 2.24) is 4.90 Å². The van der Waals surface area contributed by atoms with E-state index in [1.54, 1.807) is 29.2 Å². The molecule has 0 bridgehead atoms. The Morgan fingerprint density at radius 1 is 1.10 bits per heavy atom. The summed E-state index contributed by atoms with van der Waals surface area (Å²) in [6.45, 7) is 2.79. The lowest BCUT2D eigenvalue weighted by molar-refractivity contribution is 0.0714. The second-order valence-electron chi connectivity index (χ2n) is 4.78. The van der Waals surface area contributed by atoms with Crippen molar-refractivity contribution in [3.63, 3.8) is 0 Å². The molecule has 104 valence electrons. The number of rotatable bonds is 2. The summed E-state index contributed by atoms with van der Waals surface area (Å²) in [5.74, 6) is 0.581. The number of amides is 1. The monoisotopic (exact) mass is 272 g/mol. The van der Waals surface area contributed by atoms with Gasteiger partial charge < -0.3 is 19.3 Å². The van der Waals surface area contributed by atoms with E-state index in [2.05, 4.69) is 4.90 Å². The maximum absolute atomic E-state index is 12.1. The molecule has 0 atom stereocenters. The van der Waals surface area contributed by atoms with Gasteiger partial charge in [0.25, 0.3) is 5.91 Å². The molecule has 1 N–H and O–H groups in total. The van der Waals surface area contributed by atoms with Crippen LogP contribution in [-0.2, 0) is 0 Å². The van der Waals surface area contributed by atoms with Crippen molar-refractivity contribution in [3.8, 4) is 5.75 Å². The topological polar surface area (TPSA) is 56.9 Å².